The van der Waals surface area contributed by atoms with Crippen LogP contribution >= 0.6 is 0 Å². The molecular formula is C8H20N2. The summed E-state index contributed by atoms with van der Waals surface area (Å²) in [5.74, 6) is 6.13. The summed E-state index contributed by atoms with van der Waals surface area (Å²) in [5.41, 5.74) is 2.82. The summed E-state index contributed by atoms with van der Waals surface area (Å²) in [5, 5.41) is 0. The molecule has 0 saturated heterocycles. The van der Waals surface area contributed by atoms with Crippen molar-refractivity contribution in [2.45, 2.75) is 46.1 Å². The second-order valence-corrected chi connectivity index (χ2v) is 3.02. The first-order chi connectivity index (χ1) is 4.74. The summed E-state index contributed by atoms with van der Waals surface area (Å²) < 4.78 is 0. The van der Waals surface area contributed by atoms with Crippen LogP contribution in [0.4, 0.5) is 0 Å². The summed E-state index contributed by atoms with van der Waals surface area (Å²) in [6.45, 7) is 6.64. The van der Waals surface area contributed by atoms with Crippen LogP contribution in [0.1, 0.15) is 40.0 Å². The number of hydrogen-bond acceptors (Lipinski definition) is 2. The molecule has 0 unspecified atom stereocenters. The Hall–Kier alpha value is -0.0800. The molecule has 10 heavy (non-hydrogen) atoms. The van der Waals surface area contributed by atoms with Crippen molar-refractivity contribution in [3.8, 4) is 0 Å². The molecule has 0 aromatic rings. The van der Waals surface area contributed by atoms with Crippen molar-refractivity contribution in [1.82, 2.24) is 5.43 Å². The Kier molecular flexibility index (Phi) is 5.64. The van der Waals surface area contributed by atoms with Gasteiger partial charge < -0.3 is 0 Å². The monoisotopic (exact) mass is 144 g/mol. The summed E-state index contributed by atoms with van der Waals surface area (Å²) >= 11 is 0. The fraction of sp³-hybridized carbons (Fsp3) is 1.00. The standard InChI is InChI=1S/C8H20N2/c1-4-7(3)6-8(5-2)10-9/h7-8,10H,4-6,9H2,1-3H3/t7-,8+/m1/s1. The van der Waals surface area contributed by atoms with E-state index in [1.807, 2.05) is 0 Å². The van der Waals surface area contributed by atoms with Crippen LogP contribution < -0.4 is 11.3 Å². The number of nitrogens with two attached hydrogens (primary N) is 1. The van der Waals surface area contributed by atoms with Gasteiger partial charge in [-0.1, -0.05) is 27.2 Å². The van der Waals surface area contributed by atoms with Gasteiger partial charge in [0, 0.05) is 6.04 Å². The van der Waals surface area contributed by atoms with E-state index in [1.54, 1.807) is 0 Å². The van der Waals surface area contributed by atoms with E-state index in [0.29, 0.717) is 6.04 Å². The average molecular weight is 144 g/mol. The minimum Gasteiger partial charge on any atom is -0.271 e. The first-order valence-electron chi connectivity index (χ1n) is 4.20. The van der Waals surface area contributed by atoms with Crippen molar-refractivity contribution in [2.24, 2.45) is 11.8 Å². The maximum atomic E-state index is 5.34. The molecule has 0 aliphatic rings. The molecule has 0 aliphatic carbocycles. The van der Waals surface area contributed by atoms with Crippen molar-refractivity contribution in [1.29, 1.82) is 0 Å². The summed E-state index contributed by atoms with van der Waals surface area (Å²) in [4.78, 5) is 0. The molecule has 0 heterocycles. The second kappa shape index (κ2) is 5.69. The topological polar surface area (TPSA) is 38.0 Å². The van der Waals surface area contributed by atoms with Crippen LogP contribution in [0.2, 0.25) is 0 Å². The van der Waals surface area contributed by atoms with Gasteiger partial charge >= 0.3 is 0 Å². The molecule has 0 aliphatic heterocycles. The molecule has 0 radical (unpaired) electrons. The highest BCUT2D eigenvalue weighted by Crippen LogP contribution is 2.10. The van der Waals surface area contributed by atoms with Gasteiger partial charge in [0.25, 0.3) is 0 Å². The predicted molar refractivity (Wildman–Crippen MR) is 45.5 cm³/mol. The van der Waals surface area contributed by atoms with Gasteiger partial charge in [-0.25, -0.2) is 0 Å². The van der Waals surface area contributed by atoms with Gasteiger partial charge in [0.2, 0.25) is 0 Å². The van der Waals surface area contributed by atoms with E-state index in [4.69, 9.17) is 5.84 Å². The van der Waals surface area contributed by atoms with E-state index in [1.165, 1.54) is 12.8 Å². The van der Waals surface area contributed by atoms with Crippen molar-refractivity contribution < 1.29 is 0 Å². The Bertz CT molecular complexity index is 69.7. The number of nitrogens with one attached hydrogen (secondary N) is 1. The molecule has 0 fully saturated rings. The van der Waals surface area contributed by atoms with Crippen LogP contribution in [0.25, 0.3) is 0 Å². The van der Waals surface area contributed by atoms with E-state index in [2.05, 4.69) is 26.2 Å². The minimum absolute atomic E-state index is 0.509. The molecule has 0 aromatic carbocycles. The van der Waals surface area contributed by atoms with E-state index in [0.717, 1.165) is 12.3 Å². The molecule has 0 spiro atoms. The van der Waals surface area contributed by atoms with Gasteiger partial charge in [-0.2, -0.15) is 0 Å². The van der Waals surface area contributed by atoms with Crippen molar-refractivity contribution in [3.63, 3.8) is 0 Å². The highest BCUT2D eigenvalue weighted by atomic mass is 15.2. The van der Waals surface area contributed by atoms with Crippen LogP contribution in [0.5, 0.6) is 0 Å². The van der Waals surface area contributed by atoms with E-state index in [-0.39, 0.29) is 0 Å². The third-order valence-corrected chi connectivity index (χ3v) is 2.11. The van der Waals surface area contributed by atoms with Crippen LogP contribution in [-0.4, -0.2) is 6.04 Å². The summed E-state index contributed by atoms with van der Waals surface area (Å²) in [6, 6.07) is 0.509. The number of hydrazine groups is 1. The zero-order chi connectivity index (χ0) is 7.98. The largest absolute Gasteiger partial charge is 0.271 e. The summed E-state index contributed by atoms with van der Waals surface area (Å²) in [6.07, 6.45) is 3.57. The van der Waals surface area contributed by atoms with Gasteiger partial charge in [0.15, 0.2) is 0 Å². The third-order valence-electron chi connectivity index (χ3n) is 2.11. The molecule has 3 N–H and O–H groups in total. The highest BCUT2D eigenvalue weighted by molar-refractivity contribution is 4.64. The highest BCUT2D eigenvalue weighted by Gasteiger charge is 2.07. The van der Waals surface area contributed by atoms with Gasteiger partial charge in [-0.3, -0.25) is 11.3 Å². The van der Waals surface area contributed by atoms with Crippen LogP contribution in [0.3, 0.4) is 0 Å². The predicted octanol–water partition coefficient (Wildman–Crippen LogP) is 1.66. The normalized spacial score (nSPS) is 16.8. The lowest BCUT2D eigenvalue weighted by Gasteiger charge is -2.16. The molecule has 0 rings (SSSR count). The lowest BCUT2D eigenvalue weighted by atomic mass is 9.98. The van der Waals surface area contributed by atoms with Gasteiger partial charge in [0.1, 0.15) is 0 Å². The Morgan fingerprint density at radius 2 is 1.90 bits per heavy atom. The maximum Gasteiger partial charge on any atom is 0.0210 e. The molecule has 2 nitrogen and oxygen atoms in total. The van der Waals surface area contributed by atoms with Gasteiger partial charge in [0.05, 0.1) is 0 Å². The Morgan fingerprint density at radius 1 is 1.30 bits per heavy atom. The third kappa shape index (κ3) is 3.85. The van der Waals surface area contributed by atoms with E-state index >= 15 is 0 Å². The molecule has 0 bridgehead atoms. The first kappa shape index (κ1) is 9.92. The Morgan fingerprint density at radius 3 is 2.20 bits per heavy atom. The fourth-order valence-electron chi connectivity index (χ4n) is 1.00. The van der Waals surface area contributed by atoms with Crippen LogP contribution in [-0.2, 0) is 0 Å². The number of hydrogen-bond donors (Lipinski definition) is 2. The van der Waals surface area contributed by atoms with E-state index < -0.39 is 0 Å². The molecule has 0 saturated carbocycles. The Labute approximate surface area is 64.2 Å². The Balaban J connectivity index is 3.41. The average Bonchev–Trinajstić information content (AvgIpc) is 1.99. The van der Waals surface area contributed by atoms with Gasteiger partial charge in [-0.05, 0) is 18.8 Å². The molecular weight excluding hydrogens is 124 g/mol. The minimum atomic E-state index is 0.509. The fourth-order valence-corrected chi connectivity index (χ4v) is 1.00. The van der Waals surface area contributed by atoms with E-state index in [9.17, 15) is 0 Å². The lowest BCUT2D eigenvalue weighted by Crippen LogP contribution is -2.35. The molecule has 2 heteroatoms. The number of rotatable bonds is 5. The summed E-state index contributed by atoms with van der Waals surface area (Å²) in [7, 11) is 0. The molecule has 0 aromatic heterocycles. The van der Waals surface area contributed by atoms with Crippen molar-refractivity contribution in [2.75, 3.05) is 0 Å². The quantitative estimate of drug-likeness (QED) is 0.455. The van der Waals surface area contributed by atoms with Crippen molar-refractivity contribution >= 4 is 0 Å². The second-order valence-electron chi connectivity index (χ2n) is 3.02. The first-order valence-corrected chi connectivity index (χ1v) is 4.20. The maximum absolute atomic E-state index is 5.34. The van der Waals surface area contributed by atoms with Crippen molar-refractivity contribution in [3.05, 3.63) is 0 Å². The lowest BCUT2D eigenvalue weighted by molar-refractivity contribution is 0.390. The molecule has 0 amide bonds. The SMILES string of the molecule is CC[C@@H](C)C[C@H](CC)NN. The zero-order valence-electron chi connectivity index (χ0n) is 7.35. The zero-order valence-corrected chi connectivity index (χ0v) is 7.35. The molecule has 2 atom stereocenters. The molecule has 62 valence electrons. The van der Waals surface area contributed by atoms with Crippen LogP contribution in [0.15, 0.2) is 0 Å². The van der Waals surface area contributed by atoms with Crippen LogP contribution in [0, 0.1) is 5.92 Å². The smallest absolute Gasteiger partial charge is 0.0210 e. The van der Waals surface area contributed by atoms with Gasteiger partial charge in [-0.15, -0.1) is 0 Å².